The molecule has 1 saturated carbocycles. The van der Waals surface area contributed by atoms with Crippen LogP contribution in [0.5, 0.6) is 0 Å². The van der Waals surface area contributed by atoms with E-state index in [1.165, 1.54) is 11.3 Å². The molecule has 0 radical (unpaired) electrons. The highest BCUT2D eigenvalue weighted by Crippen LogP contribution is 2.32. The van der Waals surface area contributed by atoms with E-state index in [9.17, 15) is 4.79 Å². The molecule has 0 saturated heterocycles. The quantitative estimate of drug-likeness (QED) is 0.843. The summed E-state index contributed by atoms with van der Waals surface area (Å²) in [6, 6.07) is 9.66. The van der Waals surface area contributed by atoms with E-state index in [1.54, 1.807) is 6.92 Å². The fraction of sp³-hybridized carbons (Fsp3) is 0.235. The SMILES string of the molecule is C/C(N)=C(/C#N)c1csc(-c2cccc(NC(=O)C3CC3)c2)n1. The standard InChI is InChI=1S/C17H16N4OS/c1-10(19)14(8-18)15-9-23-17(21-15)12-3-2-4-13(7-12)20-16(22)11-5-6-11/h2-4,7,9,11H,5-6,19H2,1H3,(H,20,22)/b14-10+. The number of amides is 1. The molecule has 1 amide bonds. The summed E-state index contributed by atoms with van der Waals surface area (Å²) >= 11 is 1.45. The van der Waals surface area contributed by atoms with Crippen molar-refractivity contribution in [3.8, 4) is 16.6 Å². The molecule has 0 spiro atoms. The largest absolute Gasteiger partial charge is 0.401 e. The van der Waals surface area contributed by atoms with E-state index in [2.05, 4.69) is 16.4 Å². The van der Waals surface area contributed by atoms with Crippen LogP contribution in [0.4, 0.5) is 5.69 Å². The Kier molecular flexibility index (Phi) is 4.13. The zero-order valence-electron chi connectivity index (χ0n) is 12.7. The van der Waals surface area contributed by atoms with Crippen molar-refractivity contribution in [2.75, 3.05) is 5.32 Å². The number of nitrogens with zero attached hydrogens (tertiary/aromatic N) is 2. The number of allylic oxidation sites excluding steroid dienone is 2. The second-order valence-corrected chi connectivity index (χ2v) is 6.41. The van der Waals surface area contributed by atoms with Crippen LogP contribution in [0.15, 0.2) is 35.3 Å². The molecule has 2 aromatic rings. The summed E-state index contributed by atoms with van der Waals surface area (Å²) in [7, 11) is 0. The van der Waals surface area contributed by atoms with Crippen LogP contribution in [0.1, 0.15) is 25.5 Å². The molecule has 0 atom stereocenters. The molecule has 0 aliphatic heterocycles. The minimum absolute atomic E-state index is 0.0791. The minimum Gasteiger partial charge on any atom is -0.401 e. The van der Waals surface area contributed by atoms with Gasteiger partial charge in [-0.1, -0.05) is 12.1 Å². The lowest BCUT2D eigenvalue weighted by molar-refractivity contribution is -0.117. The monoisotopic (exact) mass is 324 g/mol. The first kappa shape index (κ1) is 15.3. The Hall–Kier alpha value is -2.65. The van der Waals surface area contributed by atoms with Crippen LogP contribution in [0.25, 0.3) is 16.1 Å². The van der Waals surface area contributed by atoms with E-state index in [4.69, 9.17) is 11.0 Å². The van der Waals surface area contributed by atoms with Crippen molar-refractivity contribution in [1.82, 2.24) is 4.98 Å². The number of hydrogen-bond donors (Lipinski definition) is 2. The highest BCUT2D eigenvalue weighted by molar-refractivity contribution is 7.13. The Bertz CT molecular complexity index is 823. The highest BCUT2D eigenvalue weighted by atomic mass is 32.1. The number of nitrogens with two attached hydrogens (primary N) is 1. The Balaban J connectivity index is 1.85. The second kappa shape index (κ2) is 6.23. The van der Waals surface area contributed by atoms with Gasteiger partial charge in [-0.15, -0.1) is 11.3 Å². The third-order valence-corrected chi connectivity index (χ3v) is 4.48. The van der Waals surface area contributed by atoms with Gasteiger partial charge < -0.3 is 11.1 Å². The summed E-state index contributed by atoms with van der Waals surface area (Å²) in [5.41, 5.74) is 8.82. The number of rotatable bonds is 4. The van der Waals surface area contributed by atoms with Crippen LogP contribution in [0, 0.1) is 17.2 Å². The average molecular weight is 324 g/mol. The Labute approximate surface area is 138 Å². The summed E-state index contributed by atoms with van der Waals surface area (Å²) in [4.78, 5) is 16.3. The summed E-state index contributed by atoms with van der Waals surface area (Å²) < 4.78 is 0. The number of thiazole rings is 1. The van der Waals surface area contributed by atoms with Gasteiger partial charge in [-0.25, -0.2) is 4.98 Å². The average Bonchev–Trinajstić information content (AvgIpc) is 3.27. The first-order valence-corrected chi connectivity index (χ1v) is 8.20. The van der Waals surface area contributed by atoms with Crippen molar-refractivity contribution < 1.29 is 4.79 Å². The molecular formula is C17H16N4OS. The van der Waals surface area contributed by atoms with Crippen molar-refractivity contribution >= 4 is 28.5 Å². The van der Waals surface area contributed by atoms with Crippen molar-refractivity contribution in [2.45, 2.75) is 19.8 Å². The fourth-order valence-corrected chi connectivity index (χ4v) is 3.00. The number of hydrogen-bond acceptors (Lipinski definition) is 5. The van der Waals surface area contributed by atoms with Crippen molar-refractivity contribution in [3.05, 3.63) is 41.0 Å². The fourth-order valence-electron chi connectivity index (χ4n) is 2.19. The molecule has 0 unspecified atom stereocenters. The first-order valence-electron chi connectivity index (χ1n) is 7.32. The van der Waals surface area contributed by atoms with Crippen LogP contribution < -0.4 is 11.1 Å². The molecular weight excluding hydrogens is 308 g/mol. The Morgan fingerprint density at radius 3 is 2.91 bits per heavy atom. The molecule has 1 aromatic heterocycles. The lowest BCUT2D eigenvalue weighted by Gasteiger charge is -2.05. The van der Waals surface area contributed by atoms with Crippen LogP contribution in [0.2, 0.25) is 0 Å². The number of nitrogens with one attached hydrogen (secondary N) is 1. The van der Waals surface area contributed by atoms with Gasteiger partial charge in [0.15, 0.2) is 0 Å². The van der Waals surface area contributed by atoms with Crippen molar-refractivity contribution in [2.24, 2.45) is 11.7 Å². The molecule has 23 heavy (non-hydrogen) atoms. The molecule has 0 bridgehead atoms. The van der Waals surface area contributed by atoms with Gasteiger partial charge in [-0.3, -0.25) is 4.79 Å². The molecule has 1 aromatic carbocycles. The lowest BCUT2D eigenvalue weighted by Crippen LogP contribution is -2.13. The van der Waals surface area contributed by atoms with Gasteiger partial charge in [0.2, 0.25) is 5.91 Å². The number of nitriles is 1. The second-order valence-electron chi connectivity index (χ2n) is 5.55. The summed E-state index contributed by atoms with van der Waals surface area (Å²) in [6.45, 7) is 1.69. The van der Waals surface area contributed by atoms with Crippen molar-refractivity contribution in [3.63, 3.8) is 0 Å². The van der Waals surface area contributed by atoms with Gasteiger partial charge >= 0.3 is 0 Å². The minimum atomic E-state index is 0.0791. The topological polar surface area (TPSA) is 91.8 Å². The van der Waals surface area contributed by atoms with Gasteiger partial charge in [0.25, 0.3) is 0 Å². The van der Waals surface area contributed by atoms with E-state index >= 15 is 0 Å². The summed E-state index contributed by atoms with van der Waals surface area (Å²) in [6.07, 6.45) is 1.95. The molecule has 3 rings (SSSR count). The number of aromatic nitrogens is 1. The summed E-state index contributed by atoms with van der Waals surface area (Å²) in [5, 5.41) is 14.7. The molecule has 1 heterocycles. The van der Waals surface area contributed by atoms with Crippen LogP contribution in [-0.4, -0.2) is 10.9 Å². The molecule has 1 aliphatic rings. The Morgan fingerprint density at radius 2 is 2.26 bits per heavy atom. The van der Waals surface area contributed by atoms with Gasteiger partial charge in [-0.2, -0.15) is 5.26 Å². The zero-order chi connectivity index (χ0) is 16.4. The van der Waals surface area contributed by atoms with Crippen LogP contribution in [-0.2, 0) is 4.79 Å². The van der Waals surface area contributed by atoms with Crippen molar-refractivity contribution in [1.29, 1.82) is 5.26 Å². The van der Waals surface area contributed by atoms with E-state index in [-0.39, 0.29) is 11.8 Å². The molecule has 5 nitrogen and oxygen atoms in total. The van der Waals surface area contributed by atoms with Crippen LogP contribution in [0.3, 0.4) is 0 Å². The maximum Gasteiger partial charge on any atom is 0.227 e. The van der Waals surface area contributed by atoms with E-state index in [1.807, 2.05) is 29.6 Å². The van der Waals surface area contributed by atoms with Gasteiger partial charge in [0.1, 0.15) is 11.1 Å². The number of carbonyl (C=O) groups is 1. The van der Waals surface area contributed by atoms with E-state index in [0.29, 0.717) is 17.0 Å². The maximum absolute atomic E-state index is 11.8. The third kappa shape index (κ3) is 3.41. The normalized spacial score (nSPS) is 14.8. The number of anilines is 1. The molecule has 6 heteroatoms. The molecule has 116 valence electrons. The predicted molar refractivity (Wildman–Crippen MR) is 91.3 cm³/mol. The third-order valence-electron chi connectivity index (χ3n) is 3.59. The van der Waals surface area contributed by atoms with E-state index in [0.717, 1.165) is 29.1 Å². The smallest absolute Gasteiger partial charge is 0.227 e. The first-order chi connectivity index (χ1) is 11.1. The maximum atomic E-state index is 11.8. The molecule has 1 aliphatic carbocycles. The summed E-state index contributed by atoms with van der Waals surface area (Å²) in [5.74, 6) is 0.247. The van der Waals surface area contributed by atoms with Crippen LogP contribution >= 0.6 is 11.3 Å². The molecule has 3 N–H and O–H groups in total. The highest BCUT2D eigenvalue weighted by Gasteiger charge is 2.29. The zero-order valence-corrected chi connectivity index (χ0v) is 13.5. The number of benzene rings is 1. The number of carbonyl (C=O) groups excluding carboxylic acids is 1. The van der Waals surface area contributed by atoms with Gasteiger partial charge in [0.05, 0.1) is 11.3 Å². The van der Waals surface area contributed by atoms with E-state index < -0.39 is 0 Å². The Morgan fingerprint density at radius 1 is 1.48 bits per heavy atom. The predicted octanol–water partition coefficient (Wildman–Crippen LogP) is 3.37. The van der Waals surface area contributed by atoms with Gasteiger partial charge in [-0.05, 0) is 31.9 Å². The lowest BCUT2D eigenvalue weighted by atomic mass is 10.2. The van der Waals surface area contributed by atoms with Gasteiger partial charge in [0, 0.05) is 28.2 Å². The molecule has 1 fully saturated rings.